The summed E-state index contributed by atoms with van der Waals surface area (Å²) < 4.78 is 7.02. The molecule has 1 aromatic heterocycles. The van der Waals surface area contributed by atoms with Gasteiger partial charge in [-0.15, -0.1) is 0 Å². The van der Waals surface area contributed by atoms with Crippen molar-refractivity contribution in [1.29, 1.82) is 0 Å². The van der Waals surface area contributed by atoms with E-state index >= 15 is 0 Å². The summed E-state index contributed by atoms with van der Waals surface area (Å²) in [7, 11) is 0. The molecule has 4 rings (SSSR count). The van der Waals surface area contributed by atoms with E-state index in [1.807, 2.05) is 59.5 Å². The minimum Gasteiger partial charge on any atom is -0.388 e. The van der Waals surface area contributed by atoms with Crippen LogP contribution >= 0.6 is 0 Å². The van der Waals surface area contributed by atoms with Gasteiger partial charge in [-0.3, -0.25) is 9.59 Å². The molecule has 1 fully saturated rings. The number of para-hydroxylation sites is 2. The zero-order chi connectivity index (χ0) is 22.3. The van der Waals surface area contributed by atoms with E-state index < -0.39 is 6.10 Å². The monoisotopic (exact) mass is 436 g/mol. The number of aryl methyl sites for hydroxylation is 1. The Hall–Kier alpha value is -3.23. The van der Waals surface area contributed by atoms with Gasteiger partial charge in [0.1, 0.15) is 0 Å². The number of fused-ring (bicyclic) bond motifs is 1. The van der Waals surface area contributed by atoms with Gasteiger partial charge in [-0.05, 0) is 24.1 Å². The second-order valence-electron chi connectivity index (χ2n) is 7.80. The van der Waals surface area contributed by atoms with Gasteiger partial charge in [0, 0.05) is 32.6 Å². The van der Waals surface area contributed by atoms with Gasteiger partial charge in [0.15, 0.2) is 5.82 Å². The minimum absolute atomic E-state index is 0.161. The summed E-state index contributed by atoms with van der Waals surface area (Å²) in [6, 6.07) is 16.8. The smallest absolute Gasteiger partial charge is 0.294 e. The van der Waals surface area contributed by atoms with E-state index in [0.717, 1.165) is 11.1 Å². The summed E-state index contributed by atoms with van der Waals surface area (Å²) in [6.07, 6.45) is -0.0354. The number of aliphatic hydroxyl groups is 1. The third-order valence-corrected chi connectivity index (χ3v) is 5.63. The molecule has 0 spiro atoms. The summed E-state index contributed by atoms with van der Waals surface area (Å²) in [5.41, 5.74) is 2.06. The van der Waals surface area contributed by atoms with Crippen molar-refractivity contribution in [3.8, 4) is 0 Å². The Bertz CT molecular complexity index is 1110. The molecule has 0 bridgehead atoms. The van der Waals surface area contributed by atoms with E-state index in [1.165, 1.54) is 0 Å². The number of anilines is 1. The Balaban J connectivity index is 1.41. The molecule has 3 aromatic rings. The molecule has 0 radical (unpaired) electrons. The molecule has 1 amide bonds. The van der Waals surface area contributed by atoms with Crippen molar-refractivity contribution < 1.29 is 14.6 Å². The first-order chi connectivity index (χ1) is 15.6. The van der Waals surface area contributed by atoms with Crippen LogP contribution < -0.4 is 15.8 Å². The van der Waals surface area contributed by atoms with Crippen LogP contribution in [0.2, 0.25) is 0 Å². The Labute approximate surface area is 186 Å². The number of nitrogens with one attached hydrogen (secondary N) is 1. The van der Waals surface area contributed by atoms with Crippen LogP contribution in [0.5, 0.6) is 0 Å². The Morgan fingerprint density at radius 3 is 2.59 bits per heavy atom. The highest BCUT2D eigenvalue weighted by molar-refractivity contribution is 5.78. The van der Waals surface area contributed by atoms with E-state index in [9.17, 15) is 14.7 Å². The van der Waals surface area contributed by atoms with E-state index in [0.29, 0.717) is 50.6 Å². The number of aromatic nitrogens is 2. The summed E-state index contributed by atoms with van der Waals surface area (Å²) in [6.45, 7) is 2.97. The van der Waals surface area contributed by atoms with Crippen molar-refractivity contribution in [2.45, 2.75) is 25.5 Å². The first-order valence-electron chi connectivity index (χ1n) is 11.0. The number of amides is 1. The normalized spacial score (nSPS) is 15.0. The molecule has 0 saturated carbocycles. The molecule has 0 aliphatic carbocycles. The number of rotatable bonds is 8. The fourth-order valence-electron chi connectivity index (χ4n) is 3.87. The second-order valence-corrected chi connectivity index (χ2v) is 7.80. The lowest BCUT2D eigenvalue weighted by Crippen LogP contribution is -2.41. The SMILES string of the molecule is O=C(CCn1c(=O)c(N2CCOCC2)nc2ccccc21)NCCC(O)c1ccccc1. The lowest BCUT2D eigenvalue weighted by Gasteiger charge is -2.28. The summed E-state index contributed by atoms with van der Waals surface area (Å²) >= 11 is 0. The van der Waals surface area contributed by atoms with Crippen LogP contribution in [-0.2, 0) is 16.1 Å². The molecule has 2 heterocycles. The second kappa shape index (κ2) is 10.4. The lowest BCUT2D eigenvalue weighted by molar-refractivity contribution is -0.121. The average Bonchev–Trinajstić information content (AvgIpc) is 2.84. The molecule has 1 aliphatic rings. The van der Waals surface area contributed by atoms with Crippen molar-refractivity contribution in [1.82, 2.24) is 14.9 Å². The Kier molecular flexibility index (Phi) is 7.14. The minimum atomic E-state index is -0.626. The van der Waals surface area contributed by atoms with Crippen molar-refractivity contribution in [2.24, 2.45) is 0 Å². The quantitative estimate of drug-likeness (QED) is 0.560. The van der Waals surface area contributed by atoms with Crippen molar-refractivity contribution in [2.75, 3.05) is 37.7 Å². The van der Waals surface area contributed by atoms with Crippen molar-refractivity contribution in [3.63, 3.8) is 0 Å². The highest BCUT2D eigenvalue weighted by atomic mass is 16.5. The average molecular weight is 437 g/mol. The predicted octanol–water partition coefficient (Wildman–Crippen LogP) is 1.86. The number of aliphatic hydroxyl groups excluding tert-OH is 1. The highest BCUT2D eigenvalue weighted by Gasteiger charge is 2.19. The first kappa shape index (κ1) is 22.0. The van der Waals surface area contributed by atoms with E-state index in [4.69, 9.17) is 4.74 Å². The van der Waals surface area contributed by atoms with Gasteiger partial charge >= 0.3 is 0 Å². The van der Waals surface area contributed by atoms with Gasteiger partial charge in [0.05, 0.1) is 30.4 Å². The largest absolute Gasteiger partial charge is 0.388 e. The summed E-state index contributed by atoms with van der Waals surface area (Å²) in [4.78, 5) is 32.2. The van der Waals surface area contributed by atoms with Crippen molar-refractivity contribution in [3.05, 3.63) is 70.5 Å². The third kappa shape index (κ3) is 5.15. The zero-order valence-electron chi connectivity index (χ0n) is 17.9. The van der Waals surface area contributed by atoms with Gasteiger partial charge in [-0.1, -0.05) is 42.5 Å². The maximum Gasteiger partial charge on any atom is 0.294 e. The summed E-state index contributed by atoms with van der Waals surface area (Å²) in [5.74, 6) is 0.240. The first-order valence-corrected chi connectivity index (χ1v) is 11.0. The van der Waals surface area contributed by atoms with Gasteiger partial charge < -0.3 is 24.6 Å². The molecule has 8 heteroatoms. The number of carbonyl (C=O) groups excluding carboxylic acids is 1. The molecule has 168 valence electrons. The van der Waals surface area contributed by atoms with Crippen LogP contribution in [0.3, 0.4) is 0 Å². The fourth-order valence-corrected chi connectivity index (χ4v) is 3.87. The third-order valence-electron chi connectivity index (χ3n) is 5.63. The van der Waals surface area contributed by atoms with Gasteiger partial charge in [0.2, 0.25) is 5.91 Å². The molecule has 32 heavy (non-hydrogen) atoms. The van der Waals surface area contributed by atoms with E-state index in [1.54, 1.807) is 4.57 Å². The maximum atomic E-state index is 13.2. The number of morpholine rings is 1. The van der Waals surface area contributed by atoms with Crippen LogP contribution in [0.15, 0.2) is 59.4 Å². The highest BCUT2D eigenvalue weighted by Crippen LogP contribution is 2.17. The molecule has 1 unspecified atom stereocenters. The molecule has 1 atom stereocenters. The van der Waals surface area contributed by atoms with Crippen LogP contribution in [0, 0.1) is 0 Å². The molecular formula is C24H28N4O4. The molecule has 2 N–H and O–H groups in total. The Morgan fingerprint density at radius 1 is 1.09 bits per heavy atom. The maximum absolute atomic E-state index is 13.2. The van der Waals surface area contributed by atoms with E-state index in [2.05, 4.69) is 10.3 Å². The number of hydrogen-bond donors (Lipinski definition) is 2. The lowest BCUT2D eigenvalue weighted by atomic mass is 10.1. The topological polar surface area (TPSA) is 96.7 Å². The van der Waals surface area contributed by atoms with E-state index in [-0.39, 0.29) is 24.4 Å². The molecule has 1 aliphatic heterocycles. The van der Waals surface area contributed by atoms with Crippen LogP contribution in [0.25, 0.3) is 11.0 Å². The molecule has 2 aromatic carbocycles. The fraction of sp³-hybridized carbons (Fsp3) is 0.375. The van der Waals surface area contributed by atoms with Crippen LogP contribution in [0.4, 0.5) is 5.82 Å². The van der Waals surface area contributed by atoms with Gasteiger partial charge in [0.25, 0.3) is 5.56 Å². The molecule has 1 saturated heterocycles. The van der Waals surface area contributed by atoms with Crippen LogP contribution in [0.1, 0.15) is 24.5 Å². The van der Waals surface area contributed by atoms with Crippen molar-refractivity contribution >= 4 is 22.8 Å². The number of benzene rings is 2. The van der Waals surface area contributed by atoms with Crippen LogP contribution in [-0.4, -0.2) is 53.4 Å². The number of nitrogens with zero attached hydrogens (tertiary/aromatic N) is 3. The van der Waals surface area contributed by atoms with Gasteiger partial charge in [-0.2, -0.15) is 0 Å². The standard InChI is InChI=1S/C24H28N4O4/c29-21(18-6-2-1-3-7-18)10-12-25-22(30)11-13-28-20-9-5-4-8-19(20)26-23(24(28)31)27-14-16-32-17-15-27/h1-9,21,29H,10-17H2,(H,25,30). The molecule has 8 nitrogen and oxygen atoms in total. The number of hydrogen-bond acceptors (Lipinski definition) is 6. The number of ether oxygens (including phenoxy) is 1. The zero-order valence-corrected chi connectivity index (χ0v) is 17.9. The number of carbonyl (C=O) groups is 1. The Morgan fingerprint density at radius 2 is 1.81 bits per heavy atom. The predicted molar refractivity (Wildman–Crippen MR) is 123 cm³/mol. The molecular weight excluding hydrogens is 408 g/mol. The van der Waals surface area contributed by atoms with Gasteiger partial charge in [-0.25, -0.2) is 4.98 Å². The summed E-state index contributed by atoms with van der Waals surface area (Å²) in [5, 5.41) is 13.1.